The van der Waals surface area contributed by atoms with Crippen LogP contribution in [0.25, 0.3) is 0 Å². The summed E-state index contributed by atoms with van der Waals surface area (Å²) in [6, 6.07) is 5.80. The number of carbonyl (C=O) groups excluding carboxylic acids is 1. The molecule has 2 N–H and O–H groups in total. The third-order valence-corrected chi connectivity index (χ3v) is 5.55. The van der Waals surface area contributed by atoms with Crippen molar-refractivity contribution in [1.82, 2.24) is 4.90 Å². The highest BCUT2D eigenvalue weighted by molar-refractivity contribution is 7.17. The Bertz CT molecular complexity index is 859. The maximum Gasteiger partial charge on any atom is 0.339 e. The highest BCUT2D eigenvalue weighted by Crippen LogP contribution is 2.36. The minimum absolute atomic E-state index is 0.161. The summed E-state index contributed by atoms with van der Waals surface area (Å²) in [7, 11) is 2.00. The molecule has 138 valence electrons. The number of hydrogen-bond donors (Lipinski definition) is 2. The van der Waals surface area contributed by atoms with E-state index < -0.39 is 5.97 Å². The highest BCUT2D eigenvalue weighted by Gasteiger charge is 2.27. The van der Waals surface area contributed by atoms with Gasteiger partial charge in [-0.1, -0.05) is 12.1 Å². The van der Waals surface area contributed by atoms with Gasteiger partial charge < -0.3 is 20.1 Å². The van der Waals surface area contributed by atoms with E-state index in [2.05, 4.69) is 10.2 Å². The summed E-state index contributed by atoms with van der Waals surface area (Å²) >= 11 is 1.34. The van der Waals surface area contributed by atoms with Gasteiger partial charge in [0, 0.05) is 18.0 Å². The molecule has 0 aliphatic carbocycles. The van der Waals surface area contributed by atoms with Crippen molar-refractivity contribution in [2.45, 2.75) is 26.8 Å². The van der Waals surface area contributed by atoms with Crippen LogP contribution in [-0.4, -0.2) is 42.1 Å². The van der Waals surface area contributed by atoms with E-state index in [9.17, 15) is 14.7 Å². The number of nitrogens with one attached hydrogen (secondary N) is 1. The number of anilines is 1. The Morgan fingerprint density at radius 2 is 2.12 bits per heavy atom. The van der Waals surface area contributed by atoms with Gasteiger partial charge in [-0.2, -0.15) is 0 Å². The lowest BCUT2D eigenvalue weighted by atomic mass is 10.0. The number of thiophene rings is 1. The molecule has 1 aromatic heterocycles. The largest absolute Gasteiger partial charge is 0.483 e. The maximum atomic E-state index is 12.3. The number of fused-ring (bicyclic) bond motifs is 1. The first-order chi connectivity index (χ1) is 12.3. The molecule has 0 radical (unpaired) electrons. The number of aromatic carboxylic acids is 1. The lowest BCUT2D eigenvalue weighted by Gasteiger charge is -2.22. The van der Waals surface area contributed by atoms with E-state index in [1.165, 1.54) is 11.3 Å². The molecule has 1 aliphatic rings. The minimum Gasteiger partial charge on any atom is -0.483 e. The van der Waals surface area contributed by atoms with E-state index in [0.717, 1.165) is 28.1 Å². The minimum atomic E-state index is -1.00. The fraction of sp³-hybridized carbons (Fsp3) is 0.368. The van der Waals surface area contributed by atoms with E-state index in [4.69, 9.17) is 4.74 Å². The van der Waals surface area contributed by atoms with Crippen LogP contribution in [0.15, 0.2) is 18.2 Å². The zero-order valence-electron chi connectivity index (χ0n) is 15.1. The zero-order chi connectivity index (χ0) is 18.8. The van der Waals surface area contributed by atoms with Gasteiger partial charge in [-0.15, -0.1) is 11.3 Å². The van der Waals surface area contributed by atoms with E-state index >= 15 is 0 Å². The van der Waals surface area contributed by atoms with Crippen molar-refractivity contribution in [2.24, 2.45) is 0 Å². The topological polar surface area (TPSA) is 78.9 Å². The molecule has 2 aromatic rings. The number of aryl methyl sites for hydroxylation is 2. The van der Waals surface area contributed by atoms with Crippen molar-refractivity contribution in [1.29, 1.82) is 0 Å². The van der Waals surface area contributed by atoms with Crippen LogP contribution in [0.5, 0.6) is 5.75 Å². The van der Waals surface area contributed by atoms with Gasteiger partial charge in [-0.05, 0) is 50.1 Å². The first kappa shape index (κ1) is 18.4. The number of hydrogen-bond acceptors (Lipinski definition) is 5. The SMILES string of the molecule is Cc1ccc(C)c(OCC(=O)Nc2sc3c(c2C(=O)O)CCN(C)C3)c1. The molecule has 0 atom stereocenters. The van der Waals surface area contributed by atoms with Crippen LogP contribution in [0, 0.1) is 13.8 Å². The van der Waals surface area contributed by atoms with E-state index in [0.29, 0.717) is 23.7 Å². The summed E-state index contributed by atoms with van der Waals surface area (Å²) in [5.41, 5.74) is 3.06. The van der Waals surface area contributed by atoms with E-state index in [1.54, 1.807) is 0 Å². The number of amides is 1. The molecule has 6 nitrogen and oxygen atoms in total. The molecule has 0 saturated carbocycles. The molecule has 0 saturated heterocycles. The number of carboxylic acid groups (broad SMARTS) is 1. The second-order valence-corrected chi connectivity index (χ2v) is 7.71. The first-order valence-corrected chi connectivity index (χ1v) is 9.23. The van der Waals surface area contributed by atoms with E-state index in [-0.39, 0.29) is 18.1 Å². The van der Waals surface area contributed by atoms with Crippen LogP contribution in [0.4, 0.5) is 5.00 Å². The van der Waals surface area contributed by atoms with Crippen molar-refractivity contribution in [3.63, 3.8) is 0 Å². The van der Waals surface area contributed by atoms with Gasteiger partial charge >= 0.3 is 5.97 Å². The van der Waals surface area contributed by atoms with Crippen LogP contribution >= 0.6 is 11.3 Å². The maximum absolute atomic E-state index is 12.3. The van der Waals surface area contributed by atoms with Crippen LogP contribution in [0.2, 0.25) is 0 Å². The smallest absolute Gasteiger partial charge is 0.339 e. The molecule has 0 spiro atoms. The molecule has 1 aliphatic heterocycles. The van der Waals surface area contributed by atoms with Gasteiger partial charge in [-0.3, -0.25) is 4.79 Å². The zero-order valence-corrected chi connectivity index (χ0v) is 15.9. The fourth-order valence-electron chi connectivity index (χ4n) is 3.01. The molecule has 0 unspecified atom stereocenters. The van der Waals surface area contributed by atoms with Crippen LogP contribution in [0.3, 0.4) is 0 Å². The predicted octanol–water partition coefficient (Wildman–Crippen LogP) is 3.07. The van der Waals surface area contributed by atoms with Gasteiger partial charge in [0.05, 0.1) is 5.56 Å². The number of benzene rings is 1. The summed E-state index contributed by atoms with van der Waals surface area (Å²) in [5, 5.41) is 12.7. The van der Waals surface area contributed by atoms with Crippen LogP contribution < -0.4 is 10.1 Å². The quantitative estimate of drug-likeness (QED) is 0.841. The molecule has 0 fully saturated rings. The van der Waals surface area contributed by atoms with Crippen LogP contribution in [0.1, 0.15) is 31.9 Å². The fourth-order valence-corrected chi connectivity index (χ4v) is 4.35. The molecular weight excluding hydrogens is 352 g/mol. The Hall–Kier alpha value is -2.38. The first-order valence-electron chi connectivity index (χ1n) is 8.41. The Morgan fingerprint density at radius 1 is 1.35 bits per heavy atom. The number of carboxylic acids is 1. The summed E-state index contributed by atoms with van der Waals surface area (Å²) in [5.74, 6) is -0.705. The number of rotatable bonds is 5. The Kier molecular flexibility index (Phi) is 5.29. The number of carbonyl (C=O) groups is 2. The highest BCUT2D eigenvalue weighted by atomic mass is 32.1. The molecule has 1 aromatic carbocycles. The standard InChI is InChI=1S/C19H22N2O4S/c1-11-4-5-12(2)14(8-11)25-10-16(22)20-18-17(19(23)24)13-6-7-21(3)9-15(13)26-18/h4-5,8H,6-7,9-10H2,1-3H3,(H,20,22)(H,23,24). The van der Waals surface area contributed by atoms with Gasteiger partial charge in [0.15, 0.2) is 6.61 Å². The predicted molar refractivity (Wildman–Crippen MR) is 101 cm³/mol. The lowest BCUT2D eigenvalue weighted by molar-refractivity contribution is -0.118. The van der Waals surface area contributed by atoms with Gasteiger partial charge in [0.2, 0.25) is 0 Å². The van der Waals surface area contributed by atoms with Crippen molar-refractivity contribution in [3.8, 4) is 5.75 Å². The molecule has 1 amide bonds. The third kappa shape index (κ3) is 3.89. The lowest BCUT2D eigenvalue weighted by Crippen LogP contribution is -2.26. The molecular formula is C19H22N2O4S. The summed E-state index contributed by atoms with van der Waals surface area (Å²) < 4.78 is 5.61. The van der Waals surface area contributed by atoms with Crippen molar-refractivity contribution in [2.75, 3.05) is 25.5 Å². The Morgan fingerprint density at radius 3 is 2.85 bits per heavy atom. The monoisotopic (exact) mass is 374 g/mol. The molecule has 7 heteroatoms. The normalized spacial score (nSPS) is 14.0. The molecule has 26 heavy (non-hydrogen) atoms. The average Bonchev–Trinajstić information content (AvgIpc) is 2.92. The Labute approximate surface area is 156 Å². The molecule has 2 heterocycles. The summed E-state index contributed by atoms with van der Waals surface area (Å²) in [6.07, 6.45) is 0.679. The van der Waals surface area contributed by atoms with Crippen molar-refractivity contribution < 1.29 is 19.4 Å². The average molecular weight is 374 g/mol. The Balaban J connectivity index is 1.73. The van der Waals surface area contributed by atoms with Crippen LogP contribution in [-0.2, 0) is 17.8 Å². The van der Waals surface area contributed by atoms with Crippen molar-refractivity contribution >= 4 is 28.2 Å². The van der Waals surface area contributed by atoms with Gasteiger partial charge in [0.1, 0.15) is 10.8 Å². The number of likely N-dealkylation sites (N-methyl/N-ethyl adjacent to an activating group) is 1. The molecule has 3 rings (SSSR count). The second kappa shape index (κ2) is 7.47. The molecule has 0 bridgehead atoms. The summed E-state index contributed by atoms with van der Waals surface area (Å²) in [6.45, 7) is 5.23. The second-order valence-electron chi connectivity index (χ2n) is 6.61. The van der Waals surface area contributed by atoms with E-state index in [1.807, 2.05) is 39.1 Å². The van der Waals surface area contributed by atoms with Crippen molar-refractivity contribution in [3.05, 3.63) is 45.3 Å². The van der Waals surface area contributed by atoms with Gasteiger partial charge in [-0.25, -0.2) is 4.79 Å². The number of ether oxygens (including phenoxy) is 1. The third-order valence-electron chi connectivity index (χ3n) is 4.42. The summed E-state index contributed by atoms with van der Waals surface area (Å²) in [4.78, 5) is 27.1. The van der Waals surface area contributed by atoms with Gasteiger partial charge in [0.25, 0.3) is 5.91 Å². The number of nitrogens with zero attached hydrogens (tertiary/aromatic N) is 1.